The molecular formula is C15H26N2O2. The molecule has 0 aromatic rings. The van der Waals surface area contributed by atoms with Gasteiger partial charge in [0, 0.05) is 12.6 Å². The van der Waals surface area contributed by atoms with Crippen LogP contribution in [0.5, 0.6) is 0 Å². The average Bonchev–Trinajstić information content (AvgIpc) is 2.89. The molecule has 2 rings (SSSR count). The van der Waals surface area contributed by atoms with Crippen LogP contribution in [0.25, 0.3) is 0 Å². The first-order chi connectivity index (χ1) is 9.31. The molecule has 1 saturated heterocycles. The van der Waals surface area contributed by atoms with Gasteiger partial charge in [-0.1, -0.05) is 18.6 Å². The lowest BCUT2D eigenvalue weighted by molar-refractivity contribution is -0.125. The van der Waals surface area contributed by atoms with E-state index in [1.807, 2.05) is 0 Å². The number of hydrogen-bond donors (Lipinski definition) is 2. The second-order valence-electron chi connectivity index (χ2n) is 5.46. The van der Waals surface area contributed by atoms with Gasteiger partial charge in [-0.05, 0) is 38.6 Å². The van der Waals surface area contributed by atoms with Crippen LogP contribution >= 0.6 is 0 Å². The Morgan fingerprint density at radius 2 is 2.32 bits per heavy atom. The molecule has 0 aromatic heterocycles. The van der Waals surface area contributed by atoms with Gasteiger partial charge in [0.25, 0.3) is 0 Å². The highest BCUT2D eigenvalue weighted by Crippen LogP contribution is 2.19. The van der Waals surface area contributed by atoms with Gasteiger partial charge in [0.05, 0.1) is 19.1 Å². The predicted molar refractivity (Wildman–Crippen MR) is 76.0 cm³/mol. The molecule has 1 heterocycles. The maximum atomic E-state index is 12.1. The molecule has 2 N–H and O–H groups in total. The minimum absolute atomic E-state index is 0.0275. The van der Waals surface area contributed by atoms with Gasteiger partial charge >= 0.3 is 0 Å². The van der Waals surface area contributed by atoms with Crippen molar-refractivity contribution in [1.29, 1.82) is 0 Å². The molecule has 1 aliphatic carbocycles. The number of hydrogen-bond acceptors (Lipinski definition) is 3. The minimum atomic E-state index is -0.0275. The topological polar surface area (TPSA) is 50.4 Å². The van der Waals surface area contributed by atoms with Crippen LogP contribution in [0.4, 0.5) is 0 Å². The Labute approximate surface area is 116 Å². The monoisotopic (exact) mass is 266 g/mol. The number of nitrogens with one attached hydrogen (secondary N) is 2. The zero-order chi connectivity index (χ0) is 13.5. The summed E-state index contributed by atoms with van der Waals surface area (Å²) in [4.78, 5) is 12.1. The van der Waals surface area contributed by atoms with Crippen molar-refractivity contribution >= 4 is 5.91 Å². The number of carbonyl (C=O) groups excluding carboxylic acids is 1. The van der Waals surface area contributed by atoms with Crippen LogP contribution in [0.3, 0.4) is 0 Å². The van der Waals surface area contributed by atoms with Crippen molar-refractivity contribution in [2.45, 2.75) is 45.1 Å². The third-order valence-corrected chi connectivity index (χ3v) is 4.01. The normalized spacial score (nSPS) is 27.1. The van der Waals surface area contributed by atoms with E-state index in [0.717, 1.165) is 19.5 Å². The third-order valence-electron chi connectivity index (χ3n) is 4.01. The van der Waals surface area contributed by atoms with E-state index in [2.05, 4.69) is 23.6 Å². The standard InChI is InChI=1S/C15H26N2O2/c1-2-16-14-11-19-10-13(14)15(18)17-9-8-12-6-4-3-5-7-12/h6,13-14,16H,2-5,7-11H2,1H3,(H,17,18). The Morgan fingerprint density at radius 3 is 3.05 bits per heavy atom. The average molecular weight is 266 g/mol. The lowest BCUT2D eigenvalue weighted by Crippen LogP contribution is -2.44. The second kappa shape index (κ2) is 7.65. The fraction of sp³-hybridized carbons (Fsp3) is 0.800. The summed E-state index contributed by atoms with van der Waals surface area (Å²) in [6.45, 7) is 4.90. The fourth-order valence-corrected chi connectivity index (χ4v) is 2.89. The number of rotatable bonds is 6. The van der Waals surface area contributed by atoms with E-state index in [4.69, 9.17) is 4.74 Å². The molecule has 2 unspecified atom stereocenters. The fourth-order valence-electron chi connectivity index (χ4n) is 2.89. The number of allylic oxidation sites excluding steroid dienone is 1. The molecule has 0 saturated carbocycles. The molecule has 4 nitrogen and oxygen atoms in total. The van der Waals surface area contributed by atoms with E-state index in [1.165, 1.54) is 31.3 Å². The van der Waals surface area contributed by atoms with Gasteiger partial charge in [-0.25, -0.2) is 0 Å². The highest BCUT2D eigenvalue weighted by Gasteiger charge is 2.33. The first kappa shape index (κ1) is 14.5. The number of carbonyl (C=O) groups is 1. The van der Waals surface area contributed by atoms with Crippen molar-refractivity contribution in [3.8, 4) is 0 Å². The summed E-state index contributed by atoms with van der Waals surface area (Å²) in [7, 11) is 0. The van der Waals surface area contributed by atoms with Crippen molar-refractivity contribution in [3.05, 3.63) is 11.6 Å². The van der Waals surface area contributed by atoms with Crippen LogP contribution in [0.2, 0.25) is 0 Å². The molecule has 108 valence electrons. The molecule has 1 amide bonds. The van der Waals surface area contributed by atoms with Crippen molar-refractivity contribution in [3.63, 3.8) is 0 Å². The van der Waals surface area contributed by atoms with Gasteiger partial charge in [0.1, 0.15) is 0 Å². The van der Waals surface area contributed by atoms with Crippen molar-refractivity contribution in [2.24, 2.45) is 5.92 Å². The highest BCUT2D eigenvalue weighted by atomic mass is 16.5. The lowest BCUT2D eigenvalue weighted by Gasteiger charge is -2.18. The summed E-state index contributed by atoms with van der Waals surface area (Å²) in [5.74, 6) is 0.111. The van der Waals surface area contributed by atoms with Crippen LogP contribution in [0.15, 0.2) is 11.6 Å². The molecular weight excluding hydrogens is 240 g/mol. The smallest absolute Gasteiger partial charge is 0.227 e. The maximum absolute atomic E-state index is 12.1. The van der Waals surface area contributed by atoms with E-state index < -0.39 is 0 Å². The molecule has 1 fully saturated rings. The molecule has 0 aromatic carbocycles. The third kappa shape index (κ3) is 4.32. The Morgan fingerprint density at radius 1 is 1.42 bits per heavy atom. The molecule has 0 spiro atoms. The zero-order valence-corrected chi connectivity index (χ0v) is 11.9. The summed E-state index contributed by atoms with van der Waals surface area (Å²) >= 11 is 0. The molecule has 0 radical (unpaired) electrons. The Hall–Kier alpha value is -0.870. The summed E-state index contributed by atoms with van der Waals surface area (Å²) < 4.78 is 5.40. The first-order valence-corrected chi connectivity index (χ1v) is 7.58. The zero-order valence-electron chi connectivity index (χ0n) is 11.9. The number of amides is 1. The van der Waals surface area contributed by atoms with Crippen LogP contribution < -0.4 is 10.6 Å². The molecule has 1 aliphatic heterocycles. The van der Waals surface area contributed by atoms with Crippen LogP contribution in [-0.2, 0) is 9.53 Å². The van der Waals surface area contributed by atoms with Gasteiger partial charge in [0.15, 0.2) is 0 Å². The Kier molecular flexibility index (Phi) is 5.86. The highest BCUT2D eigenvalue weighted by molar-refractivity contribution is 5.79. The van der Waals surface area contributed by atoms with Crippen LogP contribution in [0.1, 0.15) is 39.0 Å². The van der Waals surface area contributed by atoms with E-state index in [9.17, 15) is 4.79 Å². The van der Waals surface area contributed by atoms with E-state index in [0.29, 0.717) is 13.2 Å². The summed E-state index contributed by atoms with van der Waals surface area (Å²) in [6.07, 6.45) is 8.39. The Bertz CT molecular complexity index is 328. The van der Waals surface area contributed by atoms with Crippen LogP contribution in [-0.4, -0.2) is 38.3 Å². The van der Waals surface area contributed by atoms with Crippen molar-refractivity contribution < 1.29 is 9.53 Å². The molecule has 19 heavy (non-hydrogen) atoms. The van der Waals surface area contributed by atoms with Crippen LogP contribution in [0, 0.1) is 5.92 Å². The number of likely N-dealkylation sites (N-methyl/N-ethyl adjacent to an activating group) is 1. The number of ether oxygens (including phenoxy) is 1. The molecule has 2 atom stereocenters. The first-order valence-electron chi connectivity index (χ1n) is 7.58. The summed E-state index contributed by atoms with van der Waals surface area (Å²) in [5.41, 5.74) is 1.51. The van der Waals surface area contributed by atoms with Crippen molar-refractivity contribution in [1.82, 2.24) is 10.6 Å². The predicted octanol–water partition coefficient (Wildman–Crippen LogP) is 1.62. The summed E-state index contributed by atoms with van der Waals surface area (Å²) in [5, 5.41) is 6.38. The minimum Gasteiger partial charge on any atom is -0.379 e. The SMILES string of the molecule is CCNC1COCC1C(=O)NCCC1=CCCCC1. The maximum Gasteiger partial charge on any atom is 0.227 e. The lowest BCUT2D eigenvalue weighted by atomic mass is 9.97. The summed E-state index contributed by atoms with van der Waals surface area (Å²) in [6, 6.07) is 0.180. The quantitative estimate of drug-likeness (QED) is 0.718. The van der Waals surface area contributed by atoms with Gasteiger partial charge in [0.2, 0.25) is 5.91 Å². The second-order valence-corrected chi connectivity index (χ2v) is 5.46. The molecule has 0 bridgehead atoms. The molecule has 2 aliphatic rings. The Balaban J connectivity index is 1.70. The van der Waals surface area contributed by atoms with Gasteiger partial charge in [-0.15, -0.1) is 0 Å². The van der Waals surface area contributed by atoms with Gasteiger partial charge < -0.3 is 15.4 Å². The molecule has 4 heteroatoms. The van der Waals surface area contributed by atoms with Crippen molar-refractivity contribution in [2.75, 3.05) is 26.3 Å². The van der Waals surface area contributed by atoms with Gasteiger partial charge in [-0.2, -0.15) is 0 Å². The largest absolute Gasteiger partial charge is 0.379 e. The van der Waals surface area contributed by atoms with E-state index >= 15 is 0 Å². The van der Waals surface area contributed by atoms with E-state index in [1.54, 1.807) is 0 Å². The van der Waals surface area contributed by atoms with E-state index in [-0.39, 0.29) is 17.9 Å². The van der Waals surface area contributed by atoms with Gasteiger partial charge in [-0.3, -0.25) is 4.79 Å².